The molecule has 0 saturated carbocycles. The van der Waals surface area contributed by atoms with Gasteiger partial charge < -0.3 is 0 Å². The molecule has 0 amide bonds. The number of hydrogen-bond donors (Lipinski definition) is 0. The van der Waals surface area contributed by atoms with Crippen LogP contribution in [0.4, 0.5) is 0 Å². The standard InChI is InChI=1S/C39H24N4.C35H22N2.C34H21N3.C29H18N2/c1-3-13-25(14-4-1)37-40-38(26-15-5-2-6-16-26)42-39(41-37)43-35-22-12-11-21-31(35)34-23-32-29-19-9-7-17-27(29)28-18-8-10-20-30(28)33(32)24-36(34)43;1-2-11-23(12-3-1)32-18-10-20-35(36-32)37-33-19-9-8-17-28(33)31-21-29-26-15-6-4-13-24(26)25-14-5-7-16-27(25)30(29)22-34(31)37;1-3-11-25-23(9-1)24-10-2-4-12-26(24)29-20-33-30(19-28(25)29)27-13-5-6-15-32(27)37(33)34-17-16-22(21-36-34)31-14-7-8-18-35-31;1-3-11-21-19(9-1)20-10-2-4-12-22(20)25-18-28-26(17-24(21)25)23-13-5-6-14-27(23)31(28)29-15-7-8-16-30-29/h1-24H;1-22H;1-21H;1-18H. The van der Waals surface area contributed by atoms with Crippen LogP contribution in [0.1, 0.15) is 0 Å². The monoisotopic (exact) mass is 1880 g/mol. The maximum atomic E-state index is 5.14. The van der Waals surface area contributed by atoms with Crippen LogP contribution < -0.4 is 0 Å². The third-order valence-corrected chi connectivity index (χ3v) is 29.9. The highest BCUT2D eigenvalue weighted by atomic mass is 15.2. The maximum absolute atomic E-state index is 5.14. The van der Waals surface area contributed by atoms with Gasteiger partial charge in [0.05, 0.1) is 55.5 Å². The molecule has 32 aromatic rings. The molecule has 0 bridgehead atoms. The second kappa shape index (κ2) is 35.0. The van der Waals surface area contributed by atoms with Crippen molar-refractivity contribution in [3.8, 4) is 68.7 Å². The third kappa shape index (κ3) is 13.9. The highest BCUT2D eigenvalue weighted by molar-refractivity contribution is 6.34. The maximum Gasteiger partial charge on any atom is 0.238 e. The normalized spacial score (nSPS) is 11.8. The summed E-state index contributed by atoms with van der Waals surface area (Å²) < 4.78 is 9.10. The number of rotatable bonds is 8. The average Bonchev–Trinajstić information content (AvgIpc) is 1.72. The fourth-order valence-electron chi connectivity index (χ4n) is 23.3. The first kappa shape index (κ1) is 84.8. The van der Waals surface area contributed by atoms with Crippen LogP contribution in [0.25, 0.3) is 285 Å². The van der Waals surface area contributed by atoms with Crippen LogP contribution in [0.3, 0.4) is 0 Å². The Morgan fingerprint density at radius 1 is 0.128 bits per heavy atom. The lowest BCUT2D eigenvalue weighted by atomic mass is 9.93. The van der Waals surface area contributed by atoms with Crippen molar-refractivity contribution in [2.45, 2.75) is 0 Å². The minimum atomic E-state index is 0.600. The van der Waals surface area contributed by atoms with Crippen molar-refractivity contribution >= 4 is 216 Å². The van der Waals surface area contributed by atoms with Crippen LogP contribution in [-0.4, -0.2) is 53.2 Å². The minimum Gasteiger partial charge on any atom is -0.294 e. The second-order valence-electron chi connectivity index (χ2n) is 38.0. The van der Waals surface area contributed by atoms with Crippen molar-refractivity contribution in [1.82, 2.24) is 53.2 Å². The van der Waals surface area contributed by atoms with Gasteiger partial charge in [-0.05, 0) is 251 Å². The molecule has 0 aliphatic heterocycles. The Labute approximate surface area is 848 Å². The van der Waals surface area contributed by atoms with E-state index in [1.165, 1.54) is 194 Å². The summed E-state index contributed by atoms with van der Waals surface area (Å²) in [6.45, 7) is 0. The van der Waals surface area contributed by atoms with E-state index in [2.05, 4.69) is 429 Å². The van der Waals surface area contributed by atoms with Crippen LogP contribution >= 0.6 is 0 Å². The van der Waals surface area contributed by atoms with Gasteiger partial charge in [0.1, 0.15) is 17.5 Å². The Morgan fingerprint density at radius 2 is 0.385 bits per heavy atom. The van der Waals surface area contributed by atoms with E-state index in [9.17, 15) is 0 Å². The first-order chi connectivity index (χ1) is 73.5. The summed E-state index contributed by atoms with van der Waals surface area (Å²) in [5, 5.41) is 40.4. The van der Waals surface area contributed by atoms with E-state index >= 15 is 0 Å². The molecule has 0 fully saturated rings. The molecule has 0 unspecified atom stereocenters. The van der Waals surface area contributed by atoms with Crippen molar-refractivity contribution in [2.24, 2.45) is 0 Å². The first-order valence-electron chi connectivity index (χ1n) is 50.2. The number of benzene rings is 23. The van der Waals surface area contributed by atoms with Crippen molar-refractivity contribution in [3.63, 3.8) is 0 Å². The predicted octanol–water partition coefficient (Wildman–Crippen LogP) is 35.4. The molecular weight excluding hydrogens is 1800 g/mol. The number of nitrogens with zero attached hydrogens (tertiary/aromatic N) is 11. The molecule has 0 spiro atoms. The minimum absolute atomic E-state index is 0.600. The summed E-state index contributed by atoms with van der Waals surface area (Å²) >= 11 is 0. The molecule has 11 heteroatoms. The van der Waals surface area contributed by atoms with E-state index in [1.807, 2.05) is 116 Å². The molecule has 0 aliphatic rings. The fourth-order valence-corrected chi connectivity index (χ4v) is 23.3. The summed E-state index contributed by atoms with van der Waals surface area (Å²) in [5.41, 5.74) is 15.1. The van der Waals surface area contributed by atoms with E-state index in [0.717, 1.165) is 73.2 Å². The first-order valence-corrected chi connectivity index (χ1v) is 50.2. The van der Waals surface area contributed by atoms with Gasteiger partial charge in [-0.3, -0.25) is 23.3 Å². The van der Waals surface area contributed by atoms with E-state index in [1.54, 1.807) is 0 Å². The van der Waals surface area contributed by atoms with Gasteiger partial charge in [0.25, 0.3) is 0 Å². The highest BCUT2D eigenvalue weighted by Crippen LogP contribution is 2.48. The molecule has 0 N–H and O–H groups in total. The zero-order valence-corrected chi connectivity index (χ0v) is 80.0. The van der Waals surface area contributed by atoms with Crippen LogP contribution in [0.15, 0.2) is 516 Å². The van der Waals surface area contributed by atoms with Crippen molar-refractivity contribution in [3.05, 3.63) is 516 Å². The number of aromatic nitrogens is 11. The molecule has 0 atom stereocenters. The topological polar surface area (TPSA) is 110 Å². The SMILES string of the molecule is c1ccc(-c2ccc(-n3c4ccccc4c4cc5c6ccccc6c6ccccc6c5cc43)nc2)nc1.c1ccc(-c2cccc(-n3c4ccccc4c4cc5c6ccccc6c6ccccc6c5cc43)n2)cc1.c1ccc(-c2nc(-c3ccccc3)nc(-n3c4ccccc4c4cc5c6ccccc6c6ccccc6c5cc43)n2)cc1.c1ccc(-n2c3ccccc3c3cc4c5ccccc5c5ccccc5c4cc32)nc1. The average molecular weight is 1890 g/mol. The molecule has 688 valence electrons. The molecule has 0 radical (unpaired) electrons. The zero-order chi connectivity index (χ0) is 97.4. The summed E-state index contributed by atoms with van der Waals surface area (Å²) in [5.74, 6) is 4.66. The van der Waals surface area contributed by atoms with Gasteiger partial charge in [0.2, 0.25) is 5.95 Å². The summed E-state index contributed by atoms with van der Waals surface area (Å²) in [7, 11) is 0. The van der Waals surface area contributed by atoms with Gasteiger partial charge in [-0.1, -0.05) is 376 Å². The molecule has 9 aromatic heterocycles. The smallest absolute Gasteiger partial charge is 0.238 e. The van der Waals surface area contributed by atoms with Gasteiger partial charge >= 0.3 is 0 Å². The number of fused-ring (bicyclic) bond motifs is 36. The third-order valence-electron chi connectivity index (χ3n) is 29.9. The van der Waals surface area contributed by atoms with Crippen LogP contribution in [0.5, 0.6) is 0 Å². The van der Waals surface area contributed by atoms with E-state index in [0.29, 0.717) is 17.6 Å². The van der Waals surface area contributed by atoms with E-state index in [-0.39, 0.29) is 0 Å². The van der Waals surface area contributed by atoms with Crippen LogP contribution in [-0.2, 0) is 0 Å². The molecule has 0 saturated heterocycles. The van der Waals surface area contributed by atoms with Crippen molar-refractivity contribution in [1.29, 1.82) is 0 Å². The number of hydrogen-bond acceptors (Lipinski definition) is 7. The van der Waals surface area contributed by atoms with Crippen LogP contribution in [0.2, 0.25) is 0 Å². The predicted molar refractivity (Wildman–Crippen MR) is 620 cm³/mol. The van der Waals surface area contributed by atoms with Crippen molar-refractivity contribution < 1.29 is 0 Å². The van der Waals surface area contributed by atoms with E-state index in [4.69, 9.17) is 24.9 Å². The molecule has 32 rings (SSSR count). The zero-order valence-electron chi connectivity index (χ0n) is 80.0. The summed E-state index contributed by atoms with van der Waals surface area (Å²) in [6, 6.07) is 176. The second-order valence-corrected chi connectivity index (χ2v) is 38.0. The Hall–Kier alpha value is -20.0. The fraction of sp³-hybridized carbons (Fsp3) is 0. The Kier molecular flexibility index (Phi) is 20.1. The van der Waals surface area contributed by atoms with Gasteiger partial charge in [-0.25, -0.2) is 19.9 Å². The summed E-state index contributed by atoms with van der Waals surface area (Å²) in [6.07, 6.45) is 5.59. The van der Waals surface area contributed by atoms with Gasteiger partial charge in [0.15, 0.2) is 11.6 Å². The van der Waals surface area contributed by atoms with E-state index < -0.39 is 0 Å². The van der Waals surface area contributed by atoms with Crippen LogP contribution in [0, 0.1) is 0 Å². The van der Waals surface area contributed by atoms with Gasteiger partial charge in [0, 0.05) is 83.9 Å². The Morgan fingerprint density at radius 3 is 0.703 bits per heavy atom. The lowest BCUT2D eigenvalue weighted by molar-refractivity contribution is 0.954. The lowest BCUT2D eigenvalue weighted by Gasteiger charge is -2.13. The number of pyridine rings is 4. The largest absolute Gasteiger partial charge is 0.294 e. The molecule has 148 heavy (non-hydrogen) atoms. The number of para-hydroxylation sites is 4. The summed E-state index contributed by atoms with van der Waals surface area (Å²) in [4.78, 5) is 34.4. The van der Waals surface area contributed by atoms with Crippen molar-refractivity contribution in [2.75, 3.05) is 0 Å². The molecule has 9 heterocycles. The molecular formula is C137H85N11. The Balaban J connectivity index is 0.0000000936. The Bertz CT molecular complexity index is 11000. The molecule has 0 aliphatic carbocycles. The quantitative estimate of drug-likeness (QED) is 0.139. The molecule has 23 aromatic carbocycles. The van der Waals surface area contributed by atoms with Gasteiger partial charge in [-0.2, -0.15) is 9.97 Å². The lowest BCUT2D eigenvalue weighted by Crippen LogP contribution is -2.06. The molecule has 11 nitrogen and oxygen atoms in total. The highest BCUT2D eigenvalue weighted by Gasteiger charge is 2.26. The van der Waals surface area contributed by atoms with Gasteiger partial charge in [-0.15, -0.1) is 0 Å².